The van der Waals surface area contributed by atoms with E-state index < -0.39 is 0 Å². The number of anilines is 1. The molecule has 0 radical (unpaired) electrons. The lowest BCUT2D eigenvalue weighted by atomic mass is 10.2. The molecule has 98 valence electrons. The smallest absolute Gasteiger partial charge is 0.251 e. The van der Waals surface area contributed by atoms with Crippen LogP contribution in [-0.4, -0.2) is 24.7 Å². The van der Waals surface area contributed by atoms with Crippen molar-refractivity contribution >= 4 is 40.7 Å². The van der Waals surface area contributed by atoms with Crippen LogP contribution in [0.4, 0.5) is 5.69 Å². The van der Waals surface area contributed by atoms with Gasteiger partial charge in [0.05, 0.1) is 10.7 Å². The highest BCUT2D eigenvalue weighted by Gasteiger charge is 2.09. The summed E-state index contributed by atoms with van der Waals surface area (Å²) in [6.07, 6.45) is 0.921. The lowest BCUT2D eigenvalue weighted by Gasteiger charge is -2.08. The molecule has 18 heavy (non-hydrogen) atoms. The molecule has 2 N–H and O–H groups in total. The van der Waals surface area contributed by atoms with Gasteiger partial charge in [-0.05, 0) is 24.6 Å². The van der Waals surface area contributed by atoms with Crippen LogP contribution in [0.25, 0.3) is 0 Å². The summed E-state index contributed by atoms with van der Waals surface area (Å²) in [5.74, 6) is 0.0222. The van der Waals surface area contributed by atoms with Crippen molar-refractivity contribution < 1.29 is 9.59 Å². The van der Waals surface area contributed by atoms with Gasteiger partial charge < -0.3 is 10.6 Å². The Bertz CT molecular complexity index is 450. The molecule has 0 bridgehead atoms. The topological polar surface area (TPSA) is 58.2 Å². The van der Waals surface area contributed by atoms with Gasteiger partial charge in [0.25, 0.3) is 5.91 Å². The molecule has 1 aromatic rings. The first-order valence-electron chi connectivity index (χ1n) is 5.46. The van der Waals surface area contributed by atoms with Crippen LogP contribution < -0.4 is 10.6 Å². The fraction of sp³-hybridized carbons (Fsp3) is 0.333. The third kappa shape index (κ3) is 4.20. The molecule has 0 spiro atoms. The summed E-state index contributed by atoms with van der Waals surface area (Å²) < 4.78 is 0. The molecule has 0 heterocycles. The van der Waals surface area contributed by atoms with E-state index in [1.807, 2.05) is 0 Å². The van der Waals surface area contributed by atoms with E-state index in [0.717, 1.165) is 0 Å². The highest BCUT2D eigenvalue weighted by molar-refractivity contribution is 6.33. The lowest BCUT2D eigenvalue weighted by molar-refractivity contribution is -0.116. The van der Waals surface area contributed by atoms with Crippen LogP contribution in [-0.2, 0) is 4.79 Å². The number of carbonyl (C=O) groups excluding carboxylic acids is 2. The van der Waals surface area contributed by atoms with Crippen molar-refractivity contribution in [1.29, 1.82) is 0 Å². The van der Waals surface area contributed by atoms with Gasteiger partial charge in [0.1, 0.15) is 0 Å². The van der Waals surface area contributed by atoms with Crippen LogP contribution in [0.2, 0.25) is 5.02 Å². The van der Waals surface area contributed by atoms with Crippen LogP contribution in [0.15, 0.2) is 18.2 Å². The molecule has 0 fully saturated rings. The van der Waals surface area contributed by atoms with Crippen molar-refractivity contribution in [3.8, 4) is 0 Å². The van der Waals surface area contributed by atoms with Gasteiger partial charge in [-0.1, -0.05) is 11.6 Å². The van der Waals surface area contributed by atoms with Crippen molar-refractivity contribution in [2.75, 3.05) is 18.2 Å². The Kier molecular flexibility index (Phi) is 5.95. The maximum absolute atomic E-state index is 11.5. The molecule has 0 unspecified atom stereocenters. The normalized spacial score (nSPS) is 9.94. The van der Waals surface area contributed by atoms with Crippen molar-refractivity contribution in [3.63, 3.8) is 0 Å². The minimum Gasteiger partial charge on any atom is -0.355 e. The number of benzene rings is 1. The van der Waals surface area contributed by atoms with Crippen LogP contribution >= 0.6 is 23.2 Å². The van der Waals surface area contributed by atoms with Crippen LogP contribution in [0.1, 0.15) is 23.2 Å². The molecule has 0 aliphatic rings. The molecular weight excluding hydrogens is 275 g/mol. The van der Waals surface area contributed by atoms with Crippen molar-refractivity contribution in [3.05, 3.63) is 28.8 Å². The first-order chi connectivity index (χ1) is 8.58. The van der Waals surface area contributed by atoms with Gasteiger partial charge in [0.2, 0.25) is 5.91 Å². The highest BCUT2D eigenvalue weighted by atomic mass is 35.5. The number of hydrogen-bond acceptors (Lipinski definition) is 2. The van der Waals surface area contributed by atoms with Crippen molar-refractivity contribution in [2.45, 2.75) is 12.8 Å². The van der Waals surface area contributed by atoms with E-state index in [1.54, 1.807) is 18.2 Å². The third-order valence-corrected chi connectivity index (χ3v) is 2.86. The summed E-state index contributed by atoms with van der Waals surface area (Å²) in [6.45, 7) is 0. The second kappa shape index (κ2) is 7.24. The van der Waals surface area contributed by atoms with E-state index in [2.05, 4.69) is 10.6 Å². The fourth-order valence-corrected chi connectivity index (χ4v) is 1.65. The molecule has 0 aliphatic heterocycles. The zero-order valence-electron chi connectivity index (χ0n) is 9.93. The van der Waals surface area contributed by atoms with Gasteiger partial charge in [0, 0.05) is 24.9 Å². The highest BCUT2D eigenvalue weighted by Crippen LogP contribution is 2.23. The number of nitrogens with one attached hydrogen (secondary N) is 2. The molecular formula is C12H14Cl2N2O2. The lowest BCUT2D eigenvalue weighted by Crippen LogP contribution is -2.18. The molecule has 0 aromatic heterocycles. The van der Waals surface area contributed by atoms with Crippen molar-refractivity contribution in [2.24, 2.45) is 0 Å². The van der Waals surface area contributed by atoms with E-state index in [1.165, 1.54) is 7.05 Å². The van der Waals surface area contributed by atoms with Crippen molar-refractivity contribution in [1.82, 2.24) is 5.32 Å². The average Bonchev–Trinajstić information content (AvgIpc) is 2.38. The Labute approximate surface area is 116 Å². The minimum absolute atomic E-state index is 0.174. The zero-order chi connectivity index (χ0) is 13.5. The molecule has 1 rings (SSSR count). The summed E-state index contributed by atoms with van der Waals surface area (Å²) in [5.41, 5.74) is 0.867. The van der Waals surface area contributed by atoms with E-state index in [0.29, 0.717) is 35.0 Å². The monoisotopic (exact) mass is 288 g/mol. The number of amides is 2. The Morgan fingerprint density at radius 3 is 2.67 bits per heavy atom. The van der Waals surface area contributed by atoms with E-state index in [4.69, 9.17) is 23.2 Å². The first kappa shape index (κ1) is 14.8. The van der Waals surface area contributed by atoms with Crippen LogP contribution in [0.5, 0.6) is 0 Å². The second-order valence-electron chi connectivity index (χ2n) is 3.61. The van der Waals surface area contributed by atoms with Gasteiger partial charge in [0.15, 0.2) is 0 Å². The van der Waals surface area contributed by atoms with Gasteiger partial charge in [-0.2, -0.15) is 0 Å². The minimum atomic E-state index is -0.233. The third-order valence-electron chi connectivity index (χ3n) is 2.27. The SMILES string of the molecule is CNC(=O)c1ccc(Cl)c(NC(=O)CCCCl)c1. The Morgan fingerprint density at radius 1 is 1.33 bits per heavy atom. The van der Waals surface area contributed by atoms with Gasteiger partial charge in [-0.3, -0.25) is 9.59 Å². The second-order valence-corrected chi connectivity index (χ2v) is 4.40. The van der Waals surface area contributed by atoms with Crippen LogP contribution in [0.3, 0.4) is 0 Å². The fourth-order valence-electron chi connectivity index (χ4n) is 1.35. The quantitative estimate of drug-likeness (QED) is 0.819. The Hall–Kier alpha value is -1.26. The maximum Gasteiger partial charge on any atom is 0.251 e. The van der Waals surface area contributed by atoms with Gasteiger partial charge in [-0.25, -0.2) is 0 Å². The van der Waals surface area contributed by atoms with E-state index in [-0.39, 0.29) is 11.8 Å². The molecule has 0 saturated carbocycles. The molecule has 4 nitrogen and oxygen atoms in total. The summed E-state index contributed by atoms with van der Waals surface area (Å²) >= 11 is 11.5. The standard InChI is InChI=1S/C12H14Cl2N2O2/c1-15-12(18)8-4-5-9(14)10(7-8)16-11(17)3-2-6-13/h4-5,7H,2-3,6H2,1H3,(H,15,18)(H,16,17). The summed E-state index contributed by atoms with van der Waals surface area (Å²) in [7, 11) is 1.54. The molecule has 0 saturated heterocycles. The summed E-state index contributed by atoms with van der Waals surface area (Å²) in [5, 5.41) is 5.55. The van der Waals surface area contributed by atoms with E-state index >= 15 is 0 Å². The number of carbonyl (C=O) groups is 2. The predicted molar refractivity (Wildman–Crippen MR) is 73.4 cm³/mol. The molecule has 0 aliphatic carbocycles. The Morgan fingerprint density at radius 2 is 2.06 bits per heavy atom. The largest absolute Gasteiger partial charge is 0.355 e. The summed E-state index contributed by atoms with van der Waals surface area (Å²) in [6, 6.07) is 4.71. The number of alkyl halides is 1. The molecule has 2 amide bonds. The molecule has 0 atom stereocenters. The Balaban J connectivity index is 2.81. The zero-order valence-corrected chi connectivity index (χ0v) is 11.4. The maximum atomic E-state index is 11.5. The average molecular weight is 289 g/mol. The first-order valence-corrected chi connectivity index (χ1v) is 6.37. The van der Waals surface area contributed by atoms with Crippen LogP contribution in [0, 0.1) is 0 Å². The molecule has 1 aromatic carbocycles. The van der Waals surface area contributed by atoms with Gasteiger partial charge >= 0.3 is 0 Å². The molecule has 6 heteroatoms. The summed E-state index contributed by atoms with van der Waals surface area (Å²) in [4.78, 5) is 23.0. The predicted octanol–water partition coefficient (Wildman–Crippen LogP) is 2.66. The van der Waals surface area contributed by atoms with Gasteiger partial charge in [-0.15, -0.1) is 11.6 Å². The number of rotatable bonds is 5. The number of hydrogen-bond donors (Lipinski definition) is 2. The van der Waals surface area contributed by atoms with E-state index in [9.17, 15) is 9.59 Å². The number of halogens is 2.